The lowest BCUT2D eigenvalue weighted by Gasteiger charge is -2.28. The van der Waals surface area contributed by atoms with E-state index in [1.54, 1.807) is 0 Å². The van der Waals surface area contributed by atoms with Gasteiger partial charge in [0.2, 0.25) is 0 Å². The maximum absolute atomic E-state index is 2.35. The minimum atomic E-state index is 1.11. The van der Waals surface area contributed by atoms with Gasteiger partial charge in [0, 0.05) is 34.1 Å². The van der Waals surface area contributed by atoms with E-state index in [0.717, 1.165) is 39.7 Å². The molecule has 0 unspecified atom stereocenters. The van der Waals surface area contributed by atoms with Crippen LogP contribution in [0.15, 0.2) is 170 Å². The van der Waals surface area contributed by atoms with Crippen LogP contribution in [0.4, 0.5) is 34.1 Å². The minimum absolute atomic E-state index is 1.11. The van der Waals surface area contributed by atoms with E-state index in [0.29, 0.717) is 0 Å². The monoisotopic (exact) mass is 620 g/mol. The zero-order chi connectivity index (χ0) is 33.0. The van der Waals surface area contributed by atoms with Crippen molar-refractivity contribution in [3.63, 3.8) is 0 Å². The lowest BCUT2D eigenvalue weighted by Crippen LogP contribution is -2.11. The van der Waals surface area contributed by atoms with E-state index < -0.39 is 0 Å². The first-order valence-corrected chi connectivity index (χ1v) is 16.6. The van der Waals surface area contributed by atoms with Gasteiger partial charge in [-0.2, -0.15) is 0 Å². The molecular formula is C46H40N2. The normalized spacial score (nSPS) is 10.9. The van der Waals surface area contributed by atoms with Gasteiger partial charge >= 0.3 is 0 Å². The predicted octanol–water partition coefficient (Wildman–Crippen LogP) is 13.2. The van der Waals surface area contributed by atoms with Gasteiger partial charge < -0.3 is 9.80 Å². The highest BCUT2D eigenvalue weighted by atomic mass is 15.1. The third kappa shape index (κ3) is 6.52. The summed E-state index contributed by atoms with van der Waals surface area (Å²) in [6.45, 7) is 8.54. The van der Waals surface area contributed by atoms with E-state index in [-0.39, 0.29) is 0 Å². The molecule has 0 bridgehead atoms. The Kier molecular flexibility index (Phi) is 8.64. The number of hydrogen-bond donors (Lipinski definition) is 0. The SMILES string of the molecule is Cc1ccc(N(c2ccc(C)cc2)c2cccc(-c3cc(N(c4ccc(C)cc4)c4ccc(C)cc4)ccc3-c3ccccc3)c2)cc1. The first-order chi connectivity index (χ1) is 23.4. The Morgan fingerprint density at radius 1 is 0.271 bits per heavy atom. The van der Waals surface area contributed by atoms with Crippen LogP contribution in [0.5, 0.6) is 0 Å². The third-order valence-corrected chi connectivity index (χ3v) is 8.93. The van der Waals surface area contributed by atoms with Crippen molar-refractivity contribution in [3.05, 3.63) is 192 Å². The van der Waals surface area contributed by atoms with E-state index in [1.165, 1.54) is 38.9 Å². The molecule has 234 valence electrons. The molecule has 0 N–H and O–H groups in total. The Labute approximate surface area is 285 Å². The summed E-state index contributed by atoms with van der Waals surface area (Å²) in [6, 6.07) is 61.7. The van der Waals surface area contributed by atoms with Gasteiger partial charge in [-0.3, -0.25) is 0 Å². The molecule has 0 fully saturated rings. The molecule has 48 heavy (non-hydrogen) atoms. The van der Waals surface area contributed by atoms with E-state index in [4.69, 9.17) is 0 Å². The van der Waals surface area contributed by atoms with Gasteiger partial charge in [0.05, 0.1) is 0 Å². The molecule has 7 aromatic carbocycles. The van der Waals surface area contributed by atoms with Gasteiger partial charge in [0.25, 0.3) is 0 Å². The summed E-state index contributed by atoms with van der Waals surface area (Å²) in [7, 11) is 0. The van der Waals surface area contributed by atoms with Crippen molar-refractivity contribution < 1.29 is 0 Å². The van der Waals surface area contributed by atoms with Crippen molar-refractivity contribution >= 4 is 34.1 Å². The number of nitrogens with zero attached hydrogens (tertiary/aromatic N) is 2. The Morgan fingerprint density at radius 3 is 1.08 bits per heavy atom. The van der Waals surface area contributed by atoms with Gasteiger partial charge in [0.1, 0.15) is 0 Å². The molecule has 0 amide bonds. The van der Waals surface area contributed by atoms with Crippen molar-refractivity contribution in [2.75, 3.05) is 9.80 Å². The summed E-state index contributed by atoms with van der Waals surface area (Å²) in [5.41, 5.74) is 16.4. The number of aryl methyl sites for hydroxylation is 4. The Balaban J connectivity index is 1.42. The van der Waals surface area contributed by atoms with Gasteiger partial charge in [-0.1, -0.05) is 119 Å². The zero-order valence-corrected chi connectivity index (χ0v) is 28.1. The largest absolute Gasteiger partial charge is 0.310 e. The maximum Gasteiger partial charge on any atom is 0.0468 e. The summed E-state index contributed by atoms with van der Waals surface area (Å²) in [5.74, 6) is 0. The van der Waals surface area contributed by atoms with Crippen LogP contribution in [0.25, 0.3) is 22.3 Å². The molecule has 7 rings (SSSR count). The molecule has 2 heteroatoms. The molecule has 7 aromatic rings. The van der Waals surface area contributed by atoms with Crippen LogP contribution >= 0.6 is 0 Å². The lowest BCUT2D eigenvalue weighted by molar-refractivity contribution is 1.26. The Morgan fingerprint density at radius 2 is 0.646 bits per heavy atom. The fraction of sp³-hybridized carbons (Fsp3) is 0.0870. The summed E-state index contributed by atoms with van der Waals surface area (Å²) in [6.07, 6.45) is 0. The zero-order valence-electron chi connectivity index (χ0n) is 28.1. The first kappa shape index (κ1) is 30.8. The molecule has 0 saturated heterocycles. The summed E-state index contributed by atoms with van der Waals surface area (Å²) in [5, 5.41) is 0. The van der Waals surface area contributed by atoms with E-state index >= 15 is 0 Å². The lowest BCUT2D eigenvalue weighted by atomic mass is 9.93. The van der Waals surface area contributed by atoms with Crippen LogP contribution < -0.4 is 9.80 Å². The minimum Gasteiger partial charge on any atom is -0.310 e. The average Bonchev–Trinajstić information content (AvgIpc) is 3.12. The number of rotatable bonds is 8. The first-order valence-electron chi connectivity index (χ1n) is 16.6. The van der Waals surface area contributed by atoms with Crippen molar-refractivity contribution in [1.82, 2.24) is 0 Å². The van der Waals surface area contributed by atoms with Crippen LogP contribution in [0.3, 0.4) is 0 Å². The molecule has 0 aromatic heterocycles. The molecule has 0 atom stereocenters. The number of anilines is 6. The molecule has 0 heterocycles. The van der Waals surface area contributed by atoms with Gasteiger partial charge in [0.15, 0.2) is 0 Å². The highest BCUT2D eigenvalue weighted by molar-refractivity contribution is 5.90. The molecular weight excluding hydrogens is 581 g/mol. The van der Waals surface area contributed by atoms with Crippen LogP contribution in [-0.4, -0.2) is 0 Å². The molecule has 0 spiro atoms. The highest BCUT2D eigenvalue weighted by Crippen LogP contribution is 2.43. The molecule has 0 aliphatic carbocycles. The molecule has 0 aliphatic heterocycles. The predicted molar refractivity (Wildman–Crippen MR) is 206 cm³/mol. The fourth-order valence-electron chi connectivity index (χ4n) is 6.26. The van der Waals surface area contributed by atoms with E-state index in [2.05, 4.69) is 207 Å². The quantitative estimate of drug-likeness (QED) is 0.167. The van der Waals surface area contributed by atoms with Crippen LogP contribution in [0.2, 0.25) is 0 Å². The van der Waals surface area contributed by atoms with Crippen molar-refractivity contribution in [3.8, 4) is 22.3 Å². The van der Waals surface area contributed by atoms with Crippen LogP contribution in [0.1, 0.15) is 22.3 Å². The Bertz CT molecular complexity index is 2040. The molecule has 2 nitrogen and oxygen atoms in total. The van der Waals surface area contributed by atoms with Gasteiger partial charge in [-0.25, -0.2) is 0 Å². The summed E-state index contributed by atoms with van der Waals surface area (Å²) >= 11 is 0. The summed E-state index contributed by atoms with van der Waals surface area (Å²) < 4.78 is 0. The van der Waals surface area contributed by atoms with E-state index in [9.17, 15) is 0 Å². The smallest absolute Gasteiger partial charge is 0.0468 e. The van der Waals surface area contributed by atoms with Gasteiger partial charge in [-0.15, -0.1) is 0 Å². The standard InChI is InChI=1S/C46H40N2/c1-33-13-21-39(22-14-33)47(40-23-15-34(2)16-24-40)43-12-8-11-38(31-43)46-32-44(29-30-45(46)37-9-6-5-7-10-37)48(41-25-17-35(3)18-26-41)42-27-19-36(4)20-28-42/h5-32H,1-4H3. The van der Waals surface area contributed by atoms with E-state index in [1.807, 2.05) is 0 Å². The van der Waals surface area contributed by atoms with Crippen LogP contribution in [-0.2, 0) is 0 Å². The van der Waals surface area contributed by atoms with Crippen molar-refractivity contribution in [1.29, 1.82) is 0 Å². The summed E-state index contributed by atoms with van der Waals surface area (Å²) in [4.78, 5) is 4.70. The topological polar surface area (TPSA) is 6.48 Å². The fourth-order valence-corrected chi connectivity index (χ4v) is 6.26. The van der Waals surface area contributed by atoms with Gasteiger partial charge in [-0.05, 0) is 123 Å². The average molecular weight is 621 g/mol. The van der Waals surface area contributed by atoms with Crippen molar-refractivity contribution in [2.45, 2.75) is 27.7 Å². The maximum atomic E-state index is 2.35. The third-order valence-electron chi connectivity index (χ3n) is 8.93. The second kappa shape index (κ2) is 13.5. The van der Waals surface area contributed by atoms with Crippen molar-refractivity contribution in [2.24, 2.45) is 0 Å². The second-order valence-electron chi connectivity index (χ2n) is 12.7. The molecule has 0 aliphatic rings. The molecule has 0 radical (unpaired) electrons. The second-order valence-corrected chi connectivity index (χ2v) is 12.7. The van der Waals surface area contributed by atoms with Crippen LogP contribution in [0, 0.1) is 27.7 Å². The number of hydrogen-bond acceptors (Lipinski definition) is 2. The molecule has 0 saturated carbocycles. The highest BCUT2D eigenvalue weighted by Gasteiger charge is 2.18. The number of benzene rings is 7. The Hall–Kier alpha value is -5.86.